The van der Waals surface area contributed by atoms with Crippen molar-refractivity contribution in [3.8, 4) is 0 Å². The zero-order chi connectivity index (χ0) is 11.6. The summed E-state index contributed by atoms with van der Waals surface area (Å²) in [6.45, 7) is 6.37. The zero-order valence-electron chi connectivity index (χ0n) is 10.1. The first-order valence-electron chi connectivity index (χ1n) is 5.78. The van der Waals surface area contributed by atoms with Gasteiger partial charge in [0.1, 0.15) is 5.54 Å². The Hall–Kier alpha value is -1.51. The Morgan fingerprint density at radius 1 is 1.12 bits per heavy atom. The van der Waals surface area contributed by atoms with Gasteiger partial charge < -0.3 is 0 Å². The molecule has 0 saturated carbocycles. The fourth-order valence-electron chi connectivity index (χ4n) is 2.35. The van der Waals surface area contributed by atoms with Gasteiger partial charge >= 0.3 is 0 Å². The standard InChI is InChI=1S/C13H17N3/c1-4-13(5-2)12(10(3)15-16-13)11-6-8-14-9-7-11/h6-9H,4-5H2,1-3H3. The number of hydrogen-bond acceptors (Lipinski definition) is 3. The molecule has 0 radical (unpaired) electrons. The molecular formula is C13H17N3. The van der Waals surface area contributed by atoms with Gasteiger partial charge in [0.15, 0.2) is 0 Å². The van der Waals surface area contributed by atoms with Crippen LogP contribution in [0.2, 0.25) is 0 Å². The van der Waals surface area contributed by atoms with Crippen molar-refractivity contribution in [2.45, 2.75) is 39.2 Å². The highest BCUT2D eigenvalue weighted by Crippen LogP contribution is 2.43. The first-order chi connectivity index (χ1) is 7.73. The first-order valence-corrected chi connectivity index (χ1v) is 5.78. The molecule has 0 saturated heterocycles. The maximum Gasteiger partial charge on any atom is 0.109 e. The molecule has 1 aromatic heterocycles. The molecule has 1 aliphatic heterocycles. The van der Waals surface area contributed by atoms with E-state index in [1.54, 1.807) is 0 Å². The summed E-state index contributed by atoms with van der Waals surface area (Å²) in [6.07, 6.45) is 5.62. The Kier molecular flexibility index (Phi) is 2.86. The Labute approximate surface area is 96.3 Å². The molecule has 3 heteroatoms. The van der Waals surface area contributed by atoms with E-state index in [0.717, 1.165) is 18.5 Å². The van der Waals surface area contributed by atoms with E-state index in [-0.39, 0.29) is 5.54 Å². The van der Waals surface area contributed by atoms with Crippen LogP contribution in [-0.2, 0) is 0 Å². The molecule has 84 valence electrons. The molecule has 0 unspecified atom stereocenters. The molecule has 0 fully saturated rings. The predicted octanol–water partition coefficient (Wildman–Crippen LogP) is 3.84. The highest BCUT2D eigenvalue weighted by molar-refractivity contribution is 5.76. The van der Waals surface area contributed by atoms with Gasteiger partial charge in [-0.3, -0.25) is 4.98 Å². The number of azo groups is 1. The lowest BCUT2D eigenvalue weighted by molar-refractivity contribution is 0.504. The first kappa shape index (κ1) is 11.0. The minimum atomic E-state index is -0.120. The summed E-state index contributed by atoms with van der Waals surface area (Å²) in [5.74, 6) is 0. The third kappa shape index (κ3) is 1.56. The van der Waals surface area contributed by atoms with Crippen LogP contribution in [0.4, 0.5) is 0 Å². The Bertz CT molecular complexity index is 428. The van der Waals surface area contributed by atoms with Crippen molar-refractivity contribution in [3.05, 3.63) is 35.8 Å². The van der Waals surface area contributed by atoms with Crippen molar-refractivity contribution in [1.82, 2.24) is 4.98 Å². The summed E-state index contributed by atoms with van der Waals surface area (Å²) in [7, 11) is 0. The minimum absolute atomic E-state index is 0.120. The summed E-state index contributed by atoms with van der Waals surface area (Å²) >= 11 is 0. The lowest BCUT2D eigenvalue weighted by Gasteiger charge is -2.25. The van der Waals surface area contributed by atoms with Gasteiger partial charge in [-0.1, -0.05) is 13.8 Å². The number of pyridine rings is 1. The third-order valence-corrected chi connectivity index (χ3v) is 3.36. The van der Waals surface area contributed by atoms with Crippen LogP contribution < -0.4 is 0 Å². The molecule has 0 amide bonds. The van der Waals surface area contributed by atoms with Gasteiger partial charge in [-0.15, -0.1) is 0 Å². The van der Waals surface area contributed by atoms with Crippen molar-refractivity contribution in [1.29, 1.82) is 0 Å². The number of allylic oxidation sites excluding steroid dienone is 1. The smallest absolute Gasteiger partial charge is 0.109 e. The van der Waals surface area contributed by atoms with Gasteiger partial charge in [-0.2, -0.15) is 10.2 Å². The largest absolute Gasteiger partial charge is 0.265 e. The molecule has 1 aromatic rings. The quantitative estimate of drug-likeness (QED) is 0.754. The topological polar surface area (TPSA) is 37.6 Å². The number of hydrogen-bond donors (Lipinski definition) is 0. The molecule has 0 bridgehead atoms. The van der Waals surface area contributed by atoms with E-state index in [1.165, 1.54) is 11.1 Å². The fourth-order valence-corrected chi connectivity index (χ4v) is 2.35. The summed E-state index contributed by atoms with van der Waals surface area (Å²) in [5.41, 5.74) is 3.38. The second kappa shape index (κ2) is 4.16. The van der Waals surface area contributed by atoms with Gasteiger partial charge in [-0.25, -0.2) is 0 Å². The molecule has 2 heterocycles. The van der Waals surface area contributed by atoms with E-state index < -0.39 is 0 Å². The second-order valence-corrected chi connectivity index (χ2v) is 4.13. The molecular weight excluding hydrogens is 198 g/mol. The summed E-state index contributed by atoms with van der Waals surface area (Å²) in [5, 5.41) is 8.75. The normalized spacial score (nSPS) is 18.2. The zero-order valence-corrected chi connectivity index (χ0v) is 10.1. The highest BCUT2D eigenvalue weighted by atomic mass is 15.2. The SMILES string of the molecule is CCC1(CC)N=NC(C)=C1c1ccncc1. The predicted molar refractivity (Wildman–Crippen MR) is 65.0 cm³/mol. The van der Waals surface area contributed by atoms with E-state index in [2.05, 4.69) is 29.1 Å². The molecule has 0 aromatic carbocycles. The van der Waals surface area contributed by atoms with Gasteiger partial charge in [-0.05, 0) is 37.5 Å². The van der Waals surface area contributed by atoms with Crippen molar-refractivity contribution < 1.29 is 0 Å². The van der Waals surface area contributed by atoms with E-state index in [1.807, 2.05) is 31.5 Å². The van der Waals surface area contributed by atoms with Crippen LogP contribution in [0.3, 0.4) is 0 Å². The van der Waals surface area contributed by atoms with E-state index >= 15 is 0 Å². The molecule has 2 rings (SSSR count). The Balaban J connectivity index is 2.51. The van der Waals surface area contributed by atoms with Crippen molar-refractivity contribution in [2.75, 3.05) is 0 Å². The Morgan fingerprint density at radius 3 is 2.31 bits per heavy atom. The molecule has 0 spiro atoms. The summed E-state index contributed by atoms with van der Waals surface area (Å²) in [4.78, 5) is 4.06. The second-order valence-electron chi connectivity index (χ2n) is 4.13. The maximum atomic E-state index is 4.47. The molecule has 16 heavy (non-hydrogen) atoms. The van der Waals surface area contributed by atoms with Crippen molar-refractivity contribution >= 4 is 5.57 Å². The van der Waals surface area contributed by atoms with Crippen molar-refractivity contribution in [2.24, 2.45) is 10.2 Å². The number of aromatic nitrogens is 1. The molecule has 1 aliphatic rings. The van der Waals surface area contributed by atoms with Crippen LogP contribution in [0, 0.1) is 0 Å². The molecule has 0 atom stereocenters. The lowest BCUT2D eigenvalue weighted by Crippen LogP contribution is -2.24. The molecule has 0 N–H and O–H groups in total. The third-order valence-electron chi connectivity index (χ3n) is 3.36. The van der Waals surface area contributed by atoms with E-state index in [0.29, 0.717) is 0 Å². The molecule has 0 aliphatic carbocycles. The van der Waals surface area contributed by atoms with E-state index in [4.69, 9.17) is 0 Å². The van der Waals surface area contributed by atoms with Gasteiger partial charge in [0.2, 0.25) is 0 Å². The van der Waals surface area contributed by atoms with Crippen LogP contribution in [0.1, 0.15) is 39.2 Å². The summed E-state index contributed by atoms with van der Waals surface area (Å²) in [6, 6.07) is 4.07. The average Bonchev–Trinajstić information content (AvgIpc) is 2.68. The highest BCUT2D eigenvalue weighted by Gasteiger charge is 2.36. The van der Waals surface area contributed by atoms with Gasteiger partial charge in [0.25, 0.3) is 0 Å². The lowest BCUT2D eigenvalue weighted by atomic mass is 9.81. The minimum Gasteiger partial charge on any atom is -0.265 e. The summed E-state index contributed by atoms with van der Waals surface area (Å²) < 4.78 is 0. The van der Waals surface area contributed by atoms with Crippen LogP contribution in [0.25, 0.3) is 5.57 Å². The van der Waals surface area contributed by atoms with Gasteiger partial charge in [0, 0.05) is 18.0 Å². The average molecular weight is 215 g/mol. The number of nitrogens with zero attached hydrogens (tertiary/aromatic N) is 3. The van der Waals surface area contributed by atoms with Crippen LogP contribution in [0.5, 0.6) is 0 Å². The van der Waals surface area contributed by atoms with Crippen molar-refractivity contribution in [3.63, 3.8) is 0 Å². The Morgan fingerprint density at radius 2 is 1.75 bits per heavy atom. The van der Waals surface area contributed by atoms with E-state index in [9.17, 15) is 0 Å². The monoisotopic (exact) mass is 215 g/mol. The van der Waals surface area contributed by atoms with Gasteiger partial charge in [0.05, 0.1) is 5.70 Å². The number of rotatable bonds is 3. The van der Waals surface area contributed by atoms with Crippen LogP contribution in [-0.4, -0.2) is 10.5 Å². The maximum absolute atomic E-state index is 4.47. The van der Waals surface area contributed by atoms with Crippen LogP contribution in [0.15, 0.2) is 40.5 Å². The fraction of sp³-hybridized carbons (Fsp3) is 0.462. The molecule has 3 nitrogen and oxygen atoms in total. The van der Waals surface area contributed by atoms with Crippen LogP contribution >= 0.6 is 0 Å².